The molecule has 0 N–H and O–H groups in total. The maximum atomic E-state index is 8.35. The number of aryl methyl sites for hydroxylation is 2. The van der Waals surface area contributed by atoms with Gasteiger partial charge in [0.15, 0.2) is 0 Å². The molecule has 1 aliphatic rings. The Morgan fingerprint density at radius 2 is 1.35 bits per heavy atom. The second-order valence-corrected chi connectivity index (χ2v) is 19.4. The Kier molecular flexibility index (Phi) is 8.73. The van der Waals surface area contributed by atoms with Crippen LogP contribution in [0.2, 0.25) is 0 Å². The Balaban J connectivity index is 1.24. The van der Waals surface area contributed by atoms with Crippen molar-refractivity contribution < 1.29 is 28.2 Å². The summed E-state index contributed by atoms with van der Waals surface area (Å²) in [6.45, 7) is 20.5. The minimum atomic E-state index is -2.37. The van der Waals surface area contributed by atoms with Crippen molar-refractivity contribution in [2.45, 2.75) is 92.0 Å². The number of hydrogen-bond acceptors (Lipinski definition) is 3. The second kappa shape index (κ2) is 14.1. The fourth-order valence-corrected chi connectivity index (χ4v) is 8.32. The first-order valence-electron chi connectivity index (χ1n) is 21.1. The van der Waals surface area contributed by atoms with Crippen molar-refractivity contribution in [2.75, 3.05) is 4.90 Å². The monoisotopic (exact) mass is 934 g/mol. The standard InChI is InChI=1S/C51H52N4O.Pt/c1-33-20-21-52-48(22-33)54-31-36-23-34(35-24-37(49(2,3)4)26-38(25-35)50(5,6)7)16-18-43(36)44-19-17-41(30-47(44)54)56-42-28-39(51(8,9)10)27-40(29-42)55-32-53(11)45-14-12-13-15-46(45)55;/h12-28H,31H2,1-11H3;/q-2;/i11D3;. The van der Waals surface area contributed by atoms with Crippen LogP contribution in [0.1, 0.15) is 94.2 Å². The number of rotatable bonds is 5. The van der Waals surface area contributed by atoms with E-state index < -0.39 is 6.98 Å². The summed E-state index contributed by atoms with van der Waals surface area (Å²) in [4.78, 5) is 7.09. The Hall–Kier alpha value is -4.99. The number of ether oxygens (including phenoxy) is 1. The molecule has 8 rings (SSSR count). The number of benzene rings is 5. The summed E-state index contributed by atoms with van der Waals surface area (Å²) >= 11 is 2.10. The van der Waals surface area contributed by atoms with Crippen molar-refractivity contribution in [1.82, 2.24) is 14.1 Å². The van der Waals surface area contributed by atoms with Crippen LogP contribution >= 0.6 is 0 Å². The minimum absolute atomic E-state index is 0.0113. The predicted molar refractivity (Wildman–Crippen MR) is 231 cm³/mol. The summed E-state index contributed by atoms with van der Waals surface area (Å²) in [5.74, 6) is 1.89. The molecule has 0 radical (unpaired) electrons. The van der Waals surface area contributed by atoms with Gasteiger partial charge in [0.05, 0.1) is 0 Å². The van der Waals surface area contributed by atoms with E-state index in [1.165, 1.54) is 32.4 Å². The molecular weight excluding hydrogens is 880 g/mol. The Bertz CT molecular complexity index is 2830. The molecule has 0 aliphatic carbocycles. The van der Waals surface area contributed by atoms with Gasteiger partial charge in [0, 0.05) is 6.20 Å². The first-order chi connectivity index (χ1) is 28.1. The Labute approximate surface area is 353 Å². The topological polar surface area (TPSA) is 35.2 Å². The van der Waals surface area contributed by atoms with Gasteiger partial charge in [-0.15, -0.1) is 0 Å². The van der Waals surface area contributed by atoms with Crippen LogP contribution in [0.25, 0.3) is 39.0 Å². The molecule has 7 aromatic rings. The number of aromatic nitrogens is 3. The zero-order valence-electron chi connectivity index (χ0n) is 37.5. The molecule has 0 atom stereocenters. The number of hydrogen-bond donors (Lipinski definition) is 0. The van der Waals surface area contributed by atoms with Crippen molar-refractivity contribution in [3.05, 3.63) is 147 Å². The summed E-state index contributed by atoms with van der Waals surface area (Å²) < 4.78 is 35.7. The van der Waals surface area contributed by atoms with Crippen molar-refractivity contribution in [1.29, 1.82) is 0 Å². The zero-order valence-corrected chi connectivity index (χ0v) is 36.8. The summed E-state index contributed by atoms with van der Waals surface area (Å²) in [7, 11) is 0. The molecule has 0 spiro atoms. The van der Waals surface area contributed by atoms with Gasteiger partial charge in [-0.2, -0.15) is 0 Å². The number of pyridine rings is 1. The number of para-hydroxylation sites is 2. The van der Waals surface area contributed by atoms with Gasteiger partial charge < -0.3 is 0 Å². The first kappa shape index (κ1) is 35.2. The van der Waals surface area contributed by atoms with Crippen LogP contribution < -0.4 is 9.64 Å². The van der Waals surface area contributed by atoms with E-state index in [1.807, 2.05) is 53.2 Å². The van der Waals surface area contributed by atoms with E-state index in [-0.39, 0.29) is 16.2 Å². The van der Waals surface area contributed by atoms with E-state index in [0.717, 1.165) is 39.3 Å². The number of anilines is 2. The molecule has 3 heterocycles. The van der Waals surface area contributed by atoms with Crippen molar-refractivity contribution in [3.63, 3.8) is 0 Å². The molecule has 5 aromatic carbocycles. The van der Waals surface area contributed by atoms with Crippen molar-refractivity contribution >= 4 is 22.5 Å². The summed E-state index contributed by atoms with van der Waals surface area (Å²) in [6, 6.07) is 41.0. The molecule has 0 unspecified atom stereocenters. The van der Waals surface area contributed by atoms with Gasteiger partial charge in [-0.1, -0.05) is 65.8 Å². The fourth-order valence-electron chi connectivity index (χ4n) is 7.50. The molecule has 0 saturated carbocycles. The van der Waals surface area contributed by atoms with E-state index in [1.54, 1.807) is 0 Å². The van der Waals surface area contributed by atoms with E-state index in [0.29, 0.717) is 33.1 Å². The van der Waals surface area contributed by atoms with E-state index in [9.17, 15) is 0 Å². The molecule has 6 heteroatoms. The molecule has 57 heavy (non-hydrogen) atoms. The van der Waals surface area contributed by atoms with Crippen LogP contribution in [-0.2, 0) is 49.1 Å². The molecular formula is C51H52N4OPt-2. The Morgan fingerprint density at radius 3 is 2.02 bits per heavy atom. The van der Waals surface area contributed by atoms with Crippen molar-refractivity contribution in [2.24, 2.45) is 6.98 Å². The number of fused-ring (bicyclic) bond motifs is 4. The van der Waals surface area contributed by atoms with E-state index in [4.69, 9.17) is 13.8 Å². The summed E-state index contributed by atoms with van der Waals surface area (Å²) in [6.07, 6.45) is 1.86. The first-order valence-corrected chi connectivity index (χ1v) is 20.7. The van der Waals surface area contributed by atoms with Crippen LogP contribution in [0.15, 0.2) is 103 Å². The molecule has 294 valence electrons. The quantitative estimate of drug-likeness (QED) is 0.161. The molecule has 0 bridgehead atoms. The van der Waals surface area contributed by atoms with Crippen molar-refractivity contribution in [3.8, 4) is 39.4 Å². The van der Waals surface area contributed by atoms with E-state index >= 15 is 0 Å². The average Bonchev–Trinajstić information content (AvgIpc) is 3.48. The summed E-state index contributed by atoms with van der Waals surface area (Å²) in [5.41, 5.74) is 13.4. The van der Waals surface area contributed by atoms with Gasteiger partial charge in [-0.25, -0.2) is 0 Å². The van der Waals surface area contributed by atoms with E-state index in [2.05, 4.69) is 160 Å². The van der Waals surface area contributed by atoms with Crippen LogP contribution in [0.5, 0.6) is 11.5 Å². The van der Waals surface area contributed by atoms with Gasteiger partial charge in [-0.3, -0.25) is 0 Å². The molecule has 2 aromatic heterocycles. The third-order valence-corrected chi connectivity index (χ3v) is 11.9. The molecule has 0 amide bonds. The van der Waals surface area contributed by atoms with Gasteiger partial charge in [-0.05, 0) is 57.7 Å². The number of nitrogens with zero attached hydrogens (tertiary/aromatic N) is 4. The van der Waals surface area contributed by atoms with Crippen LogP contribution in [0.3, 0.4) is 0 Å². The molecule has 0 saturated heterocycles. The van der Waals surface area contributed by atoms with Crippen LogP contribution in [-0.4, -0.2) is 14.1 Å². The average molecular weight is 935 g/mol. The van der Waals surface area contributed by atoms with Gasteiger partial charge in [0.25, 0.3) is 0 Å². The van der Waals surface area contributed by atoms with Crippen LogP contribution in [0, 0.1) is 22.9 Å². The van der Waals surface area contributed by atoms with Crippen LogP contribution in [0.4, 0.5) is 11.5 Å². The predicted octanol–water partition coefficient (Wildman–Crippen LogP) is 13.0. The Morgan fingerprint density at radius 1 is 0.684 bits per heavy atom. The zero-order chi connectivity index (χ0) is 43.1. The fraction of sp³-hybridized carbons (Fsp3) is 0.294. The SMILES string of the molecule is [2H]C([2H])([2H])n1[c](=[Pt])n(-c2[c-]c(Oc3[c-]c4c(cc3)-c3ccc(-c5cc(C(C)(C)C)cc(C(C)(C)C)c5)cc3CN4c3cc(C)ccn3)cc(C(C)(C)C)c2)c2ccccc21. The normalized spacial score (nSPS) is 14.2. The second-order valence-electron chi connectivity index (χ2n) is 18.4. The molecule has 1 aliphatic heterocycles. The number of imidazole rings is 1. The molecule has 0 fully saturated rings. The maximum absolute atomic E-state index is 8.35. The van der Waals surface area contributed by atoms with Gasteiger partial charge in [0.2, 0.25) is 0 Å². The summed E-state index contributed by atoms with van der Waals surface area (Å²) in [5, 5.41) is 0. The molecule has 5 nitrogen and oxygen atoms in total. The third-order valence-electron chi connectivity index (χ3n) is 10.9. The third kappa shape index (κ3) is 7.48. The van der Waals surface area contributed by atoms with Gasteiger partial charge in [0.1, 0.15) is 0 Å². The van der Waals surface area contributed by atoms with Gasteiger partial charge >= 0.3 is 226 Å².